The second-order valence-corrected chi connectivity index (χ2v) is 9.00. The fourth-order valence-electron chi connectivity index (χ4n) is 3.67. The molecule has 1 aliphatic heterocycles. The molecule has 1 amide bonds. The lowest BCUT2D eigenvalue weighted by Gasteiger charge is -2.37. The van der Waals surface area contributed by atoms with Gasteiger partial charge in [0.05, 0.1) is 10.9 Å². The molecule has 4 rings (SSSR count). The third kappa shape index (κ3) is 5.65. The number of anilines is 1. The number of halogens is 3. The Labute approximate surface area is 194 Å². The van der Waals surface area contributed by atoms with Crippen molar-refractivity contribution in [3.8, 4) is 11.3 Å². The summed E-state index contributed by atoms with van der Waals surface area (Å²) in [5.41, 5.74) is 0.826. The Balaban J connectivity index is 1.46. The zero-order valence-corrected chi connectivity index (χ0v) is 18.8. The van der Waals surface area contributed by atoms with Crippen LogP contribution in [0, 0.1) is 0 Å². The van der Waals surface area contributed by atoms with Crippen LogP contribution in [0.4, 0.5) is 18.9 Å². The molecule has 0 unspecified atom stereocenters. The van der Waals surface area contributed by atoms with Crippen molar-refractivity contribution in [3.05, 3.63) is 72.4 Å². The first-order valence-electron chi connectivity index (χ1n) is 10.6. The summed E-state index contributed by atoms with van der Waals surface area (Å²) in [5, 5.41) is -0.673. The topological polar surface area (TPSA) is 49.3 Å². The van der Waals surface area contributed by atoms with Crippen LogP contribution in [0.2, 0.25) is 0 Å². The number of aromatic nitrogens is 2. The van der Waals surface area contributed by atoms with E-state index in [0.717, 1.165) is 23.5 Å². The molecule has 0 bridgehead atoms. The third-order valence-electron chi connectivity index (χ3n) is 5.41. The number of piperazine rings is 1. The Hall–Kier alpha value is -3.07. The minimum absolute atomic E-state index is 0.0625. The fourth-order valence-corrected chi connectivity index (χ4v) is 4.54. The quantitative estimate of drug-likeness (QED) is 0.387. The first-order valence-corrected chi connectivity index (χ1v) is 11.5. The van der Waals surface area contributed by atoms with Crippen molar-refractivity contribution in [3.63, 3.8) is 0 Å². The van der Waals surface area contributed by atoms with Crippen molar-refractivity contribution >= 4 is 23.4 Å². The van der Waals surface area contributed by atoms with Gasteiger partial charge in [-0.2, -0.15) is 13.2 Å². The average molecular weight is 473 g/mol. The van der Waals surface area contributed by atoms with Crippen LogP contribution in [-0.2, 0) is 11.0 Å². The highest BCUT2D eigenvalue weighted by Crippen LogP contribution is 2.33. The second-order valence-electron chi connectivity index (χ2n) is 7.69. The molecule has 5 nitrogen and oxygen atoms in total. The molecule has 0 aliphatic carbocycles. The average Bonchev–Trinajstić information content (AvgIpc) is 2.84. The van der Waals surface area contributed by atoms with Gasteiger partial charge in [-0.25, -0.2) is 9.97 Å². The van der Waals surface area contributed by atoms with Crippen LogP contribution >= 0.6 is 11.8 Å². The van der Waals surface area contributed by atoms with Gasteiger partial charge in [-0.05, 0) is 25.1 Å². The summed E-state index contributed by atoms with van der Waals surface area (Å²) < 4.78 is 40.3. The Morgan fingerprint density at radius 2 is 1.55 bits per heavy atom. The normalized spacial score (nSPS) is 15.4. The minimum Gasteiger partial charge on any atom is -0.368 e. The number of para-hydroxylation sites is 1. The number of hydrogen-bond donors (Lipinski definition) is 0. The molecule has 1 aliphatic rings. The van der Waals surface area contributed by atoms with E-state index in [2.05, 4.69) is 14.9 Å². The van der Waals surface area contributed by atoms with Crippen molar-refractivity contribution in [2.24, 2.45) is 0 Å². The van der Waals surface area contributed by atoms with Crippen LogP contribution in [-0.4, -0.2) is 52.2 Å². The van der Waals surface area contributed by atoms with Crippen LogP contribution < -0.4 is 4.90 Å². The minimum atomic E-state index is -4.61. The summed E-state index contributed by atoms with van der Waals surface area (Å²) in [6, 6.07) is 19.6. The van der Waals surface area contributed by atoms with Crippen LogP contribution in [0.1, 0.15) is 12.6 Å². The van der Waals surface area contributed by atoms with E-state index in [4.69, 9.17) is 0 Å². The molecule has 1 saturated heterocycles. The maximum Gasteiger partial charge on any atom is 0.433 e. The van der Waals surface area contributed by atoms with Crippen LogP contribution in [0.25, 0.3) is 11.3 Å². The molecule has 1 atom stereocenters. The van der Waals surface area contributed by atoms with E-state index < -0.39 is 17.1 Å². The molecule has 3 aromatic rings. The molecular formula is C24H23F3N4OS. The number of nitrogens with zero attached hydrogens (tertiary/aromatic N) is 4. The number of carbonyl (C=O) groups excluding carboxylic acids is 1. The van der Waals surface area contributed by atoms with E-state index in [1.54, 1.807) is 42.2 Å². The zero-order chi connectivity index (χ0) is 23.4. The number of rotatable bonds is 5. The van der Waals surface area contributed by atoms with Crippen molar-refractivity contribution < 1.29 is 18.0 Å². The summed E-state index contributed by atoms with van der Waals surface area (Å²) >= 11 is 0.955. The first-order chi connectivity index (χ1) is 15.8. The number of alkyl halides is 3. The summed E-state index contributed by atoms with van der Waals surface area (Å²) in [6.07, 6.45) is -4.61. The van der Waals surface area contributed by atoms with Crippen molar-refractivity contribution in [1.82, 2.24) is 14.9 Å². The molecule has 1 fully saturated rings. The smallest absolute Gasteiger partial charge is 0.368 e. The Morgan fingerprint density at radius 1 is 0.939 bits per heavy atom. The number of hydrogen-bond acceptors (Lipinski definition) is 5. The van der Waals surface area contributed by atoms with Gasteiger partial charge < -0.3 is 9.80 Å². The summed E-state index contributed by atoms with van der Waals surface area (Å²) in [7, 11) is 0. The summed E-state index contributed by atoms with van der Waals surface area (Å²) in [4.78, 5) is 25.0. The van der Waals surface area contributed by atoms with E-state index in [-0.39, 0.29) is 16.8 Å². The van der Waals surface area contributed by atoms with Gasteiger partial charge in [-0.1, -0.05) is 60.3 Å². The molecule has 1 aromatic heterocycles. The standard InChI is InChI=1S/C24H23F3N4OS/c1-17(22(32)31-14-12-30(13-15-31)19-10-6-3-7-11-19)33-23-28-20(18-8-4-2-5-9-18)16-21(29-23)24(25,26)27/h2-11,16-17H,12-15H2,1H3/t17-/m0/s1. The number of thioether (sulfide) groups is 1. The summed E-state index contributed by atoms with van der Waals surface area (Å²) in [6.45, 7) is 4.19. The Bertz CT molecular complexity index is 1090. The van der Waals surface area contributed by atoms with Crippen LogP contribution in [0.3, 0.4) is 0 Å². The number of benzene rings is 2. The highest BCUT2D eigenvalue weighted by atomic mass is 32.2. The van der Waals surface area contributed by atoms with Crippen molar-refractivity contribution in [1.29, 1.82) is 0 Å². The molecule has 0 spiro atoms. The first kappa shape index (κ1) is 23.1. The molecule has 172 valence electrons. The van der Waals surface area contributed by atoms with Crippen molar-refractivity contribution in [2.75, 3.05) is 31.1 Å². The molecule has 0 radical (unpaired) electrons. The third-order valence-corrected chi connectivity index (χ3v) is 6.36. The predicted octanol–water partition coefficient (Wildman–Crippen LogP) is 4.99. The molecule has 33 heavy (non-hydrogen) atoms. The largest absolute Gasteiger partial charge is 0.433 e. The second kappa shape index (κ2) is 9.82. The lowest BCUT2D eigenvalue weighted by Crippen LogP contribution is -2.50. The van der Waals surface area contributed by atoms with E-state index in [1.807, 2.05) is 30.3 Å². The van der Waals surface area contributed by atoms with Crippen LogP contribution in [0.5, 0.6) is 0 Å². The number of amides is 1. The monoisotopic (exact) mass is 472 g/mol. The van der Waals surface area contributed by atoms with Gasteiger partial charge in [0.25, 0.3) is 0 Å². The van der Waals surface area contributed by atoms with E-state index in [0.29, 0.717) is 31.7 Å². The Morgan fingerprint density at radius 3 is 2.15 bits per heavy atom. The highest BCUT2D eigenvalue weighted by Gasteiger charge is 2.34. The number of carbonyl (C=O) groups is 1. The van der Waals surface area contributed by atoms with Gasteiger partial charge in [-0.15, -0.1) is 0 Å². The van der Waals surface area contributed by atoms with Gasteiger partial charge in [0.2, 0.25) is 5.91 Å². The molecule has 2 heterocycles. The lowest BCUT2D eigenvalue weighted by atomic mass is 10.1. The predicted molar refractivity (Wildman–Crippen MR) is 123 cm³/mol. The zero-order valence-electron chi connectivity index (χ0n) is 18.0. The summed E-state index contributed by atoms with van der Waals surface area (Å²) in [5.74, 6) is -0.130. The molecule has 0 N–H and O–H groups in total. The van der Waals surface area contributed by atoms with Gasteiger partial charge >= 0.3 is 6.18 Å². The van der Waals surface area contributed by atoms with E-state index >= 15 is 0 Å². The Kier molecular flexibility index (Phi) is 6.88. The molecular weight excluding hydrogens is 449 g/mol. The van der Waals surface area contributed by atoms with Gasteiger partial charge in [0, 0.05) is 37.4 Å². The van der Waals surface area contributed by atoms with E-state index in [9.17, 15) is 18.0 Å². The van der Waals surface area contributed by atoms with E-state index in [1.165, 1.54) is 0 Å². The maximum atomic E-state index is 13.4. The highest BCUT2D eigenvalue weighted by molar-refractivity contribution is 8.00. The molecule has 9 heteroatoms. The SMILES string of the molecule is C[C@H](Sc1nc(-c2ccccc2)cc(C(F)(F)F)n1)C(=O)N1CCN(c2ccccc2)CC1. The van der Waals surface area contributed by atoms with Gasteiger partial charge in [0.1, 0.15) is 5.69 Å². The van der Waals surface area contributed by atoms with Crippen molar-refractivity contribution in [2.45, 2.75) is 23.5 Å². The molecule has 0 saturated carbocycles. The maximum absolute atomic E-state index is 13.4. The fraction of sp³-hybridized carbons (Fsp3) is 0.292. The molecule has 2 aromatic carbocycles. The van der Waals surface area contributed by atoms with Gasteiger partial charge in [-0.3, -0.25) is 4.79 Å². The lowest BCUT2D eigenvalue weighted by molar-refractivity contribution is -0.141. The van der Waals surface area contributed by atoms with Crippen LogP contribution in [0.15, 0.2) is 71.9 Å². The van der Waals surface area contributed by atoms with Gasteiger partial charge in [0.15, 0.2) is 5.16 Å².